The molecule has 0 aliphatic rings. The number of nitrogens with one attached hydrogen (secondary N) is 1. The molecule has 1 aromatic heterocycles. The zero-order valence-corrected chi connectivity index (χ0v) is 12.2. The van der Waals surface area contributed by atoms with E-state index >= 15 is 0 Å². The highest BCUT2D eigenvalue weighted by Gasteiger charge is 2.20. The van der Waals surface area contributed by atoms with Crippen molar-refractivity contribution >= 4 is 5.91 Å². The van der Waals surface area contributed by atoms with Gasteiger partial charge in [-0.1, -0.05) is 20.8 Å². The third-order valence-corrected chi connectivity index (χ3v) is 2.85. The summed E-state index contributed by atoms with van der Waals surface area (Å²) in [4.78, 5) is 23.6. The first-order valence-electron chi connectivity index (χ1n) is 6.29. The van der Waals surface area contributed by atoms with Crippen molar-refractivity contribution in [1.29, 1.82) is 0 Å². The van der Waals surface area contributed by atoms with Gasteiger partial charge in [0, 0.05) is 30.3 Å². The second-order valence-electron chi connectivity index (χ2n) is 5.53. The van der Waals surface area contributed by atoms with Crippen LogP contribution in [0, 0.1) is 12.3 Å². The van der Waals surface area contributed by atoms with Crippen molar-refractivity contribution in [2.45, 2.75) is 34.2 Å². The van der Waals surface area contributed by atoms with Crippen LogP contribution in [0.25, 0.3) is 0 Å². The van der Waals surface area contributed by atoms with Crippen molar-refractivity contribution < 1.29 is 9.53 Å². The largest absolute Gasteiger partial charge is 0.496 e. The summed E-state index contributed by atoms with van der Waals surface area (Å²) in [5.41, 5.74) is 0.274. The topological polar surface area (TPSA) is 60.3 Å². The van der Waals surface area contributed by atoms with Crippen LogP contribution in [0.1, 0.15) is 26.5 Å². The fourth-order valence-electron chi connectivity index (χ4n) is 1.65. The highest BCUT2D eigenvalue weighted by atomic mass is 16.5. The third kappa shape index (κ3) is 4.12. The Morgan fingerprint density at radius 3 is 2.47 bits per heavy atom. The summed E-state index contributed by atoms with van der Waals surface area (Å²) < 4.78 is 6.65. The number of amides is 1. The van der Waals surface area contributed by atoms with Crippen molar-refractivity contribution in [3.05, 3.63) is 28.2 Å². The molecule has 19 heavy (non-hydrogen) atoms. The van der Waals surface area contributed by atoms with Gasteiger partial charge >= 0.3 is 0 Å². The number of hydrogen-bond acceptors (Lipinski definition) is 3. The summed E-state index contributed by atoms with van der Waals surface area (Å²) in [6, 6.07) is 3.24. The number of methoxy groups -OCH3 is 1. The molecule has 5 nitrogen and oxygen atoms in total. The number of rotatable bonds is 4. The molecule has 1 amide bonds. The minimum atomic E-state index is -0.417. The van der Waals surface area contributed by atoms with Gasteiger partial charge in [-0.05, 0) is 13.0 Å². The minimum Gasteiger partial charge on any atom is -0.496 e. The number of aromatic nitrogens is 1. The Labute approximate surface area is 113 Å². The first kappa shape index (κ1) is 15.3. The number of ether oxygens (including phenoxy) is 1. The van der Waals surface area contributed by atoms with Crippen LogP contribution < -0.4 is 15.6 Å². The predicted octanol–water partition coefficient (Wildman–Crippen LogP) is 1.33. The van der Waals surface area contributed by atoms with Gasteiger partial charge in [-0.25, -0.2) is 0 Å². The highest BCUT2D eigenvalue weighted by Crippen LogP contribution is 2.12. The van der Waals surface area contributed by atoms with Crippen LogP contribution in [0.15, 0.2) is 16.9 Å². The summed E-state index contributed by atoms with van der Waals surface area (Å²) in [6.07, 6.45) is 0. The first-order valence-corrected chi connectivity index (χ1v) is 6.29. The van der Waals surface area contributed by atoms with E-state index in [1.54, 1.807) is 10.6 Å². The van der Waals surface area contributed by atoms with Gasteiger partial charge in [-0.3, -0.25) is 9.59 Å². The molecule has 1 heterocycles. The quantitative estimate of drug-likeness (QED) is 0.894. The van der Waals surface area contributed by atoms with Crippen LogP contribution in [-0.4, -0.2) is 24.1 Å². The van der Waals surface area contributed by atoms with Gasteiger partial charge in [-0.15, -0.1) is 0 Å². The Balaban J connectivity index is 2.69. The number of pyridine rings is 1. The maximum Gasteiger partial charge on any atom is 0.254 e. The third-order valence-electron chi connectivity index (χ3n) is 2.85. The normalized spacial score (nSPS) is 11.2. The number of nitrogens with zero attached hydrogens (tertiary/aromatic N) is 1. The Morgan fingerprint density at radius 1 is 1.37 bits per heavy atom. The zero-order chi connectivity index (χ0) is 14.6. The summed E-state index contributed by atoms with van der Waals surface area (Å²) >= 11 is 0. The maximum atomic E-state index is 11.9. The molecule has 0 atom stereocenters. The Bertz CT molecular complexity index is 512. The first-order chi connectivity index (χ1) is 8.75. The molecule has 0 aromatic carbocycles. The van der Waals surface area contributed by atoms with E-state index in [-0.39, 0.29) is 11.5 Å². The number of carbonyl (C=O) groups is 1. The molecular formula is C14H22N2O3. The number of hydrogen-bond donors (Lipinski definition) is 1. The van der Waals surface area contributed by atoms with Gasteiger partial charge < -0.3 is 14.6 Å². The maximum absolute atomic E-state index is 11.9. The SMILES string of the molecule is COc1cc(C)n(CCNC(=O)C(C)(C)C)c(=O)c1. The van der Waals surface area contributed by atoms with Crippen LogP contribution in [-0.2, 0) is 11.3 Å². The second-order valence-corrected chi connectivity index (χ2v) is 5.53. The van der Waals surface area contributed by atoms with Crippen molar-refractivity contribution in [3.63, 3.8) is 0 Å². The molecule has 1 rings (SSSR count). The molecule has 0 aliphatic heterocycles. The molecule has 0 aliphatic carbocycles. The van der Waals surface area contributed by atoms with Crippen molar-refractivity contribution in [2.24, 2.45) is 5.41 Å². The average molecular weight is 266 g/mol. The molecule has 0 radical (unpaired) electrons. The smallest absolute Gasteiger partial charge is 0.254 e. The van der Waals surface area contributed by atoms with Crippen molar-refractivity contribution in [1.82, 2.24) is 9.88 Å². The summed E-state index contributed by atoms with van der Waals surface area (Å²) in [5.74, 6) is 0.532. The predicted molar refractivity (Wildman–Crippen MR) is 74.5 cm³/mol. The summed E-state index contributed by atoms with van der Waals surface area (Å²) in [5, 5.41) is 2.82. The van der Waals surface area contributed by atoms with Gasteiger partial charge in [-0.2, -0.15) is 0 Å². The second kappa shape index (κ2) is 5.91. The van der Waals surface area contributed by atoms with Crippen LogP contribution in [0.3, 0.4) is 0 Å². The minimum absolute atomic E-state index is 0.0216. The van der Waals surface area contributed by atoms with Gasteiger partial charge in [0.05, 0.1) is 7.11 Å². The monoisotopic (exact) mass is 266 g/mol. The molecule has 0 fully saturated rings. The van der Waals surface area contributed by atoms with E-state index in [2.05, 4.69) is 5.32 Å². The van der Waals surface area contributed by atoms with E-state index in [1.165, 1.54) is 13.2 Å². The molecule has 1 N–H and O–H groups in total. The standard InChI is InChI=1S/C14H22N2O3/c1-10-8-11(19-5)9-12(17)16(10)7-6-15-13(18)14(2,3)4/h8-9H,6-7H2,1-5H3,(H,15,18). The fourth-order valence-corrected chi connectivity index (χ4v) is 1.65. The van der Waals surface area contributed by atoms with E-state index in [4.69, 9.17) is 4.74 Å². The Kier molecular flexibility index (Phi) is 4.75. The Morgan fingerprint density at radius 2 is 2.00 bits per heavy atom. The van der Waals surface area contributed by atoms with Crippen molar-refractivity contribution in [3.8, 4) is 5.75 Å². The van der Waals surface area contributed by atoms with Gasteiger partial charge in [0.2, 0.25) is 5.91 Å². The lowest BCUT2D eigenvalue weighted by Gasteiger charge is -2.18. The van der Waals surface area contributed by atoms with E-state index < -0.39 is 5.41 Å². The lowest BCUT2D eigenvalue weighted by atomic mass is 9.96. The van der Waals surface area contributed by atoms with E-state index in [1.807, 2.05) is 27.7 Å². The molecule has 0 bridgehead atoms. The highest BCUT2D eigenvalue weighted by molar-refractivity contribution is 5.81. The Hall–Kier alpha value is -1.78. The molecule has 0 saturated heterocycles. The van der Waals surface area contributed by atoms with E-state index in [0.717, 1.165) is 5.69 Å². The van der Waals surface area contributed by atoms with Crippen LogP contribution >= 0.6 is 0 Å². The lowest BCUT2D eigenvalue weighted by molar-refractivity contribution is -0.128. The van der Waals surface area contributed by atoms with Crippen LogP contribution in [0.4, 0.5) is 0 Å². The summed E-state index contributed by atoms with van der Waals surface area (Å²) in [7, 11) is 1.53. The molecule has 0 unspecified atom stereocenters. The lowest BCUT2D eigenvalue weighted by Crippen LogP contribution is -2.38. The van der Waals surface area contributed by atoms with Crippen LogP contribution in [0.5, 0.6) is 5.75 Å². The van der Waals surface area contributed by atoms with E-state index in [0.29, 0.717) is 18.8 Å². The van der Waals surface area contributed by atoms with Gasteiger partial charge in [0.1, 0.15) is 5.75 Å². The van der Waals surface area contributed by atoms with Gasteiger partial charge in [0.15, 0.2) is 0 Å². The molecule has 0 saturated carbocycles. The van der Waals surface area contributed by atoms with Crippen LogP contribution in [0.2, 0.25) is 0 Å². The molecule has 5 heteroatoms. The molecule has 0 spiro atoms. The zero-order valence-electron chi connectivity index (χ0n) is 12.2. The summed E-state index contributed by atoms with van der Waals surface area (Å²) in [6.45, 7) is 8.29. The molecule has 1 aromatic rings. The van der Waals surface area contributed by atoms with Gasteiger partial charge in [0.25, 0.3) is 5.56 Å². The fraction of sp³-hybridized carbons (Fsp3) is 0.571. The van der Waals surface area contributed by atoms with E-state index in [9.17, 15) is 9.59 Å². The number of aryl methyl sites for hydroxylation is 1. The molecular weight excluding hydrogens is 244 g/mol. The number of carbonyl (C=O) groups excluding carboxylic acids is 1. The molecule has 106 valence electrons. The average Bonchev–Trinajstić information content (AvgIpc) is 2.30. The van der Waals surface area contributed by atoms with Crippen molar-refractivity contribution in [2.75, 3.05) is 13.7 Å².